The molecule has 32 heavy (non-hydrogen) atoms. The molecular weight excluding hydrogens is 402 g/mol. The number of fused-ring (bicyclic) bond motifs is 3. The maximum Gasteiger partial charge on any atom is 0.407 e. The lowest BCUT2D eigenvalue weighted by molar-refractivity contribution is 0.143. The maximum absolute atomic E-state index is 12.2. The topological polar surface area (TPSA) is 93.5 Å². The monoisotopic (exact) mass is 427 g/mol. The average Bonchev–Trinajstić information content (AvgIpc) is 3.11. The largest absolute Gasteiger partial charge is 0.449 e. The summed E-state index contributed by atoms with van der Waals surface area (Å²) in [5.41, 5.74) is 11.5. The number of rotatable bonds is 7. The van der Waals surface area contributed by atoms with Crippen molar-refractivity contribution in [2.24, 2.45) is 5.73 Å². The first-order valence-electron chi connectivity index (χ1n) is 10.5. The van der Waals surface area contributed by atoms with Gasteiger partial charge in [-0.3, -0.25) is 0 Å². The zero-order valence-electron chi connectivity index (χ0n) is 17.6. The fourth-order valence-corrected chi connectivity index (χ4v) is 3.99. The van der Waals surface area contributed by atoms with E-state index < -0.39 is 12.1 Å². The van der Waals surface area contributed by atoms with Crippen molar-refractivity contribution in [2.45, 2.75) is 12.3 Å². The molecule has 0 saturated carbocycles. The van der Waals surface area contributed by atoms with Gasteiger partial charge < -0.3 is 21.1 Å². The van der Waals surface area contributed by atoms with Crippen LogP contribution < -0.4 is 16.4 Å². The van der Waals surface area contributed by atoms with E-state index in [2.05, 4.69) is 34.9 Å². The van der Waals surface area contributed by atoms with Gasteiger partial charge in [-0.15, -0.1) is 0 Å². The summed E-state index contributed by atoms with van der Waals surface area (Å²) in [5.74, 6) is 0.0503. The summed E-state index contributed by atoms with van der Waals surface area (Å²) >= 11 is 0. The fraction of sp³-hybridized carbons (Fsp3) is 0.154. The molecule has 1 aliphatic rings. The molecule has 0 fully saturated rings. The normalized spacial score (nSPS) is 12.2. The average molecular weight is 428 g/mol. The highest BCUT2D eigenvalue weighted by Crippen LogP contribution is 2.44. The highest BCUT2D eigenvalue weighted by Gasteiger charge is 2.28. The number of hydrogen-bond donors (Lipinski definition) is 3. The molecule has 3 aromatic rings. The lowest BCUT2D eigenvalue weighted by Gasteiger charge is -2.14. The second-order valence-corrected chi connectivity index (χ2v) is 7.56. The van der Waals surface area contributed by atoms with Crippen LogP contribution in [0.4, 0.5) is 15.3 Å². The molecule has 6 heteroatoms. The Morgan fingerprint density at radius 3 is 2.31 bits per heavy atom. The molecule has 0 spiro atoms. The first-order valence-corrected chi connectivity index (χ1v) is 10.5. The molecule has 6 nitrogen and oxygen atoms in total. The Hall–Kier alpha value is -4.06. The molecule has 3 aromatic carbocycles. The van der Waals surface area contributed by atoms with E-state index in [0.29, 0.717) is 25.3 Å². The summed E-state index contributed by atoms with van der Waals surface area (Å²) in [6.45, 7) is 0.766. The lowest BCUT2D eigenvalue weighted by Crippen LogP contribution is -2.26. The van der Waals surface area contributed by atoms with Crippen LogP contribution >= 0.6 is 0 Å². The summed E-state index contributed by atoms with van der Waals surface area (Å²) in [5, 5.41) is 5.34. The Kier molecular flexibility index (Phi) is 6.51. The number of anilines is 1. The van der Waals surface area contributed by atoms with Gasteiger partial charge in [0.15, 0.2) is 0 Å². The molecule has 0 unspecified atom stereocenters. The molecule has 0 atom stereocenters. The number of hydrogen-bond acceptors (Lipinski definition) is 3. The third-order valence-corrected chi connectivity index (χ3v) is 5.39. The Morgan fingerprint density at radius 1 is 0.938 bits per heavy atom. The molecule has 0 aromatic heterocycles. The fourth-order valence-electron chi connectivity index (χ4n) is 3.99. The molecule has 162 valence electrons. The molecule has 1 aliphatic carbocycles. The van der Waals surface area contributed by atoms with Crippen LogP contribution in [-0.4, -0.2) is 25.3 Å². The van der Waals surface area contributed by atoms with Crippen molar-refractivity contribution in [1.29, 1.82) is 0 Å². The van der Waals surface area contributed by atoms with E-state index in [1.54, 1.807) is 6.07 Å². The minimum absolute atomic E-state index is 0.0503. The van der Waals surface area contributed by atoms with Crippen LogP contribution in [0.5, 0.6) is 0 Å². The van der Waals surface area contributed by atoms with Crippen molar-refractivity contribution < 1.29 is 14.3 Å². The van der Waals surface area contributed by atoms with Gasteiger partial charge in [-0.1, -0.05) is 72.8 Å². The van der Waals surface area contributed by atoms with Crippen molar-refractivity contribution in [2.75, 3.05) is 18.5 Å². The highest BCUT2D eigenvalue weighted by atomic mass is 16.5. The lowest BCUT2D eigenvalue weighted by atomic mass is 9.98. The zero-order valence-corrected chi connectivity index (χ0v) is 17.6. The number of benzene rings is 3. The van der Waals surface area contributed by atoms with Gasteiger partial charge in [0.2, 0.25) is 0 Å². The van der Waals surface area contributed by atoms with Crippen LogP contribution in [0.25, 0.3) is 17.2 Å². The predicted molar refractivity (Wildman–Crippen MR) is 126 cm³/mol. The van der Waals surface area contributed by atoms with Gasteiger partial charge in [0.05, 0.1) is 0 Å². The zero-order chi connectivity index (χ0) is 22.3. The molecule has 4 N–H and O–H groups in total. The summed E-state index contributed by atoms with van der Waals surface area (Å²) in [4.78, 5) is 23.1. The van der Waals surface area contributed by atoms with E-state index in [1.807, 2.05) is 54.6 Å². The van der Waals surface area contributed by atoms with Crippen molar-refractivity contribution in [3.05, 3.63) is 95.6 Å². The first-order chi connectivity index (χ1) is 15.6. The number of ether oxygens (including phenoxy) is 1. The summed E-state index contributed by atoms with van der Waals surface area (Å²) < 4.78 is 5.53. The van der Waals surface area contributed by atoms with Crippen molar-refractivity contribution in [1.82, 2.24) is 5.32 Å². The van der Waals surface area contributed by atoms with Gasteiger partial charge in [-0.05, 0) is 46.4 Å². The number of primary amides is 1. The maximum atomic E-state index is 12.2. The second-order valence-electron chi connectivity index (χ2n) is 7.56. The number of carbonyl (C=O) groups is 2. The van der Waals surface area contributed by atoms with Gasteiger partial charge in [0, 0.05) is 18.2 Å². The highest BCUT2D eigenvalue weighted by molar-refractivity contribution is 5.88. The van der Waals surface area contributed by atoms with Crippen LogP contribution in [0, 0.1) is 0 Å². The molecular formula is C26H25N3O3. The standard InChI is InChI=1S/C26H25N3O3/c27-25(30)29-19-10-7-9-18(16-19)8-5-6-15-28-26(31)32-17-24-22-13-3-1-11-20(22)21-12-2-4-14-23(21)24/h1-5,7-14,16,24H,6,15,17H2,(H,28,31)(H3,27,29,30). The van der Waals surface area contributed by atoms with Gasteiger partial charge in [0.1, 0.15) is 6.61 Å². The van der Waals surface area contributed by atoms with Crippen LogP contribution in [0.15, 0.2) is 78.9 Å². The molecule has 0 aliphatic heterocycles. The summed E-state index contributed by atoms with van der Waals surface area (Å²) in [7, 11) is 0. The van der Waals surface area contributed by atoms with E-state index in [9.17, 15) is 9.59 Å². The third-order valence-electron chi connectivity index (χ3n) is 5.39. The van der Waals surface area contributed by atoms with Crippen molar-refractivity contribution in [3.8, 4) is 11.1 Å². The third kappa shape index (κ3) is 4.98. The van der Waals surface area contributed by atoms with Crippen LogP contribution in [-0.2, 0) is 4.74 Å². The summed E-state index contributed by atoms with van der Waals surface area (Å²) in [6, 6.07) is 23.3. The van der Waals surface area contributed by atoms with Gasteiger partial charge in [0.25, 0.3) is 0 Å². The van der Waals surface area contributed by atoms with E-state index in [-0.39, 0.29) is 5.92 Å². The molecule has 0 radical (unpaired) electrons. The van der Waals surface area contributed by atoms with Crippen molar-refractivity contribution >= 4 is 23.9 Å². The first kappa shape index (κ1) is 21.2. The molecule has 0 heterocycles. The minimum atomic E-state index is -0.599. The number of amides is 3. The number of nitrogens with two attached hydrogens (primary N) is 1. The predicted octanol–water partition coefficient (Wildman–Crippen LogP) is 5.12. The molecule has 0 saturated heterocycles. The van der Waals surface area contributed by atoms with E-state index in [4.69, 9.17) is 10.5 Å². The smallest absolute Gasteiger partial charge is 0.407 e. The molecule has 0 bridgehead atoms. The van der Waals surface area contributed by atoms with Gasteiger partial charge >= 0.3 is 12.1 Å². The number of nitrogens with one attached hydrogen (secondary N) is 2. The van der Waals surface area contributed by atoms with E-state index >= 15 is 0 Å². The van der Waals surface area contributed by atoms with Gasteiger partial charge in [-0.2, -0.15) is 0 Å². The quantitative estimate of drug-likeness (QED) is 0.457. The molecule has 3 amide bonds. The van der Waals surface area contributed by atoms with E-state index in [1.165, 1.54) is 22.3 Å². The second kappa shape index (κ2) is 9.83. The van der Waals surface area contributed by atoms with E-state index in [0.717, 1.165) is 5.56 Å². The summed E-state index contributed by atoms with van der Waals surface area (Å²) in [6.07, 6.45) is 4.10. The van der Waals surface area contributed by atoms with Crippen LogP contribution in [0.2, 0.25) is 0 Å². The Balaban J connectivity index is 1.25. The number of urea groups is 1. The van der Waals surface area contributed by atoms with Crippen molar-refractivity contribution in [3.63, 3.8) is 0 Å². The minimum Gasteiger partial charge on any atom is -0.449 e. The Morgan fingerprint density at radius 2 is 1.62 bits per heavy atom. The van der Waals surface area contributed by atoms with Crippen LogP contribution in [0.1, 0.15) is 29.0 Å². The Labute approximate surface area is 187 Å². The SMILES string of the molecule is NC(=O)Nc1cccc(C=CCCNC(=O)OCC2c3ccccc3-c3ccccc32)c1. The van der Waals surface area contributed by atoms with Crippen LogP contribution in [0.3, 0.4) is 0 Å². The number of carbonyl (C=O) groups excluding carboxylic acids is 2. The molecule has 4 rings (SSSR count). The Bertz CT molecular complexity index is 1110. The number of alkyl carbamates (subject to hydrolysis) is 1. The van der Waals surface area contributed by atoms with Gasteiger partial charge in [-0.25, -0.2) is 9.59 Å².